The second-order valence-electron chi connectivity index (χ2n) is 6.57. The molecule has 2 aliphatic rings. The lowest BCUT2D eigenvalue weighted by Crippen LogP contribution is -2.34. The van der Waals surface area contributed by atoms with Gasteiger partial charge >= 0.3 is 12.1 Å². The molecule has 2 aromatic rings. The van der Waals surface area contributed by atoms with Crippen molar-refractivity contribution in [2.45, 2.75) is 13.5 Å². The highest BCUT2D eigenvalue weighted by Crippen LogP contribution is 2.32. The number of carbonyl (C=O) groups excluding carboxylic acids is 2. The normalized spacial score (nSPS) is 14.8. The minimum absolute atomic E-state index is 0.124. The van der Waals surface area contributed by atoms with Gasteiger partial charge in [0, 0.05) is 37.6 Å². The molecule has 8 heteroatoms. The molecule has 0 bridgehead atoms. The highest BCUT2D eigenvalue weighted by atomic mass is 16.7. The number of carbonyl (C=O) groups is 2. The van der Waals surface area contributed by atoms with Crippen LogP contribution in [-0.2, 0) is 6.54 Å². The van der Waals surface area contributed by atoms with Crippen molar-refractivity contribution >= 4 is 23.4 Å². The number of benzene rings is 2. The lowest BCUT2D eigenvalue weighted by Gasteiger charge is -2.22. The van der Waals surface area contributed by atoms with E-state index in [1.807, 2.05) is 43.3 Å². The van der Waals surface area contributed by atoms with Gasteiger partial charge in [0.05, 0.1) is 0 Å². The maximum absolute atomic E-state index is 12.7. The molecule has 0 atom stereocenters. The van der Waals surface area contributed by atoms with Crippen LogP contribution in [0.1, 0.15) is 12.5 Å². The fraction of sp³-hybridized carbons (Fsp3) is 0.300. The average molecular weight is 382 g/mol. The van der Waals surface area contributed by atoms with E-state index in [1.54, 1.807) is 15.9 Å². The van der Waals surface area contributed by atoms with Crippen molar-refractivity contribution < 1.29 is 19.1 Å². The van der Waals surface area contributed by atoms with E-state index in [0.717, 1.165) is 17.0 Å². The molecule has 0 saturated carbocycles. The summed E-state index contributed by atoms with van der Waals surface area (Å²) in [7, 11) is 0. The number of fused-ring (bicyclic) bond motifs is 1. The monoisotopic (exact) mass is 382 g/mol. The first-order valence-corrected chi connectivity index (χ1v) is 9.24. The quantitative estimate of drug-likeness (QED) is 0.833. The molecule has 2 aliphatic heterocycles. The molecule has 28 heavy (non-hydrogen) atoms. The van der Waals surface area contributed by atoms with E-state index in [-0.39, 0.29) is 18.9 Å². The average Bonchev–Trinajstić information content (AvgIpc) is 3.34. The van der Waals surface area contributed by atoms with E-state index in [9.17, 15) is 9.59 Å². The first-order valence-electron chi connectivity index (χ1n) is 9.24. The summed E-state index contributed by atoms with van der Waals surface area (Å²) in [5.74, 6) is 1.42. The predicted octanol–water partition coefficient (Wildman–Crippen LogP) is 3.00. The van der Waals surface area contributed by atoms with Crippen molar-refractivity contribution in [3.8, 4) is 11.5 Å². The van der Waals surface area contributed by atoms with E-state index >= 15 is 0 Å². The predicted molar refractivity (Wildman–Crippen MR) is 105 cm³/mol. The van der Waals surface area contributed by atoms with Gasteiger partial charge in [-0.2, -0.15) is 0 Å². The molecule has 2 N–H and O–H groups in total. The van der Waals surface area contributed by atoms with Gasteiger partial charge in [-0.15, -0.1) is 0 Å². The van der Waals surface area contributed by atoms with Crippen molar-refractivity contribution in [3.63, 3.8) is 0 Å². The van der Waals surface area contributed by atoms with Crippen LogP contribution in [0.5, 0.6) is 11.5 Å². The molecule has 1 saturated heterocycles. The summed E-state index contributed by atoms with van der Waals surface area (Å²) in [6.07, 6.45) is 0. The third-order valence-corrected chi connectivity index (χ3v) is 4.75. The van der Waals surface area contributed by atoms with Crippen molar-refractivity contribution in [1.29, 1.82) is 0 Å². The SMILES string of the molecule is CCN(Cc1ccc2c(c1)OCO2)C(=O)Nc1cccc(N2CCNC2=O)c1. The van der Waals surface area contributed by atoms with Crippen LogP contribution in [0.4, 0.5) is 21.0 Å². The highest BCUT2D eigenvalue weighted by Gasteiger charge is 2.22. The standard InChI is InChI=1S/C20H22N4O4/c1-2-23(12-14-6-7-17-18(10-14)28-13-27-17)20(26)22-15-4-3-5-16(11-15)24-9-8-21-19(24)25/h3-7,10-11H,2,8-9,12-13H2,1H3,(H,21,25)(H,22,26). The topological polar surface area (TPSA) is 83.1 Å². The number of ether oxygens (including phenoxy) is 2. The molecule has 4 amide bonds. The maximum Gasteiger partial charge on any atom is 0.322 e. The molecule has 0 aliphatic carbocycles. The Labute approximate surface area is 163 Å². The third kappa shape index (κ3) is 3.66. The van der Waals surface area contributed by atoms with Crippen molar-refractivity contribution in [2.24, 2.45) is 0 Å². The number of hydrogen-bond acceptors (Lipinski definition) is 4. The van der Waals surface area contributed by atoms with Crippen LogP contribution < -0.4 is 25.0 Å². The number of nitrogens with one attached hydrogen (secondary N) is 2. The molecule has 1 fully saturated rings. The molecule has 2 aromatic carbocycles. The summed E-state index contributed by atoms with van der Waals surface area (Å²) in [6.45, 7) is 4.39. The summed E-state index contributed by atoms with van der Waals surface area (Å²) in [5.41, 5.74) is 2.36. The molecule has 0 aromatic heterocycles. The van der Waals surface area contributed by atoms with Crippen LogP contribution >= 0.6 is 0 Å². The Balaban J connectivity index is 1.43. The summed E-state index contributed by atoms with van der Waals surface area (Å²) in [4.78, 5) is 27.9. The van der Waals surface area contributed by atoms with Gasteiger partial charge in [0.15, 0.2) is 11.5 Å². The maximum atomic E-state index is 12.7. The second kappa shape index (κ2) is 7.67. The number of rotatable bonds is 5. The number of urea groups is 2. The molecule has 0 radical (unpaired) electrons. The molecular weight excluding hydrogens is 360 g/mol. The molecule has 8 nitrogen and oxygen atoms in total. The Hall–Kier alpha value is -3.42. The van der Waals surface area contributed by atoms with Crippen molar-refractivity contribution in [2.75, 3.05) is 36.6 Å². The van der Waals surface area contributed by atoms with E-state index in [4.69, 9.17) is 9.47 Å². The van der Waals surface area contributed by atoms with Gasteiger partial charge < -0.3 is 25.0 Å². The van der Waals surface area contributed by atoms with Gasteiger partial charge in [-0.3, -0.25) is 4.90 Å². The Kier molecular flexibility index (Phi) is 4.92. The summed E-state index contributed by atoms with van der Waals surface area (Å²) >= 11 is 0. The summed E-state index contributed by atoms with van der Waals surface area (Å²) < 4.78 is 10.7. The smallest absolute Gasteiger partial charge is 0.322 e. The lowest BCUT2D eigenvalue weighted by atomic mass is 10.2. The van der Waals surface area contributed by atoms with Gasteiger partial charge in [0.1, 0.15) is 0 Å². The molecule has 0 spiro atoms. The first kappa shape index (κ1) is 18.0. The zero-order chi connectivity index (χ0) is 19.5. The number of anilines is 2. The fourth-order valence-corrected chi connectivity index (χ4v) is 3.26. The van der Waals surface area contributed by atoms with Crippen LogP contribution in [0.25, 0.3) is 0 Å². The van der Waals surface area contributed by atoms with Gasteiger partial charge in [-0.05, 0) is 42.8 Å². The van der Waals surface area contributed by atoms with Crippen molar-refractivity contribution in [3.05, 3.63) is 48.0 Å². The Morgan fingerprint density at radius 2 is 2.07 bits per heavy atom. The van der Waals surface area contributed by atoms with E-state index in [0.29, 0.717) is 37.6 Å². The van der Waals surface area contributed by atoms with Crippen LogP contribution in [0, 0.1) is 0 Å². The second-order valence-corrected chi connectivity index (χ2v) is 6.57. The van der Waals surface area contributed by atoms with Gasteiger partial charge in [0.2, 0.25) is 6.79 Å². The molecule has 0 unspecified atom stereocenters. The third-order valence-electron chi connectivity index (χ3n) is 4.75. The number of amides is 4. The van der Waals surface area contributed by atoms with Crippen LogP contribution in [-0.4, -0.2) is 43.4 Å². The molecule has 4 rings (SSSR count). The number of hydrogen-bond donors (Lipinski definition) is 2. The fourth-order valence-electron chi connectivity index (χ4n) is 3.26. The van der Waals surface area contributed by atoms with E-state index < -0.39 is 0 Å². The Morgan fingerprint density at radius 1 is 1.21 bits per heavy atom. The van der Waals surface area contributed by atoms with Gasteiger partial charge in [0.25, 0.3) is 0 Å². The summed E-state index contributed by atoms with van der Waals surface area (Å²) in [5, 5.41) is 5.69. The largest absolute Gasteiger partial charge is 0.454 e. The van der Waals surface area contributed by atoms with Crippen LogP contribution in [0.3, 0.4) is 0 Å². The van der Waals surface area contributed by atoms with Gasteiger partial charge in [-0.1, -0.05) is 12.1 Å². The van der Waals surface area contributed by atoms with Crippen LogP contribution in [0.2, 0.25) is 0 Å². The molecular formula is C20H22N4O4. The minimum atomic E-state index is -0.205. The van der Waals surface area contributed by atoms with E-state index in [1.165, 1.54) is 0 Å². The zero-order valence-electron chi connectivity index (χ0n) is 15.6. The summed E-state index contributed by atoms with van der Waals surface area (Å²) in [6, 6.07) is 12.6. The molecule has 146 valence electrons. The first-order chi connectivity index (χ1) is 13.6. The number of nitrogens with zero attached hydrogens (tertiary/aromatic N) is 2. The molecule has 2 heterocycles. The highest BCUT2D eigenvalue weighted by molar-refractivity contribution is 5.95. The Morgan fingerprint density at radius 3 is 2.86 bits per heavy atom. The minimum Gasteiger partial charge on any atom is -0.454 e. The van der Waals surface area contributed by atoms with E-state index in [2.05, 4.69) is 10.6 Å². The van der Waals surface area contributed by atoms with Crippen LogP contribution in [0.15, 0.2) is 42.5 Å². The Bertz CT molecular complexity index is 902. The zero-order valence-corrected chi connectivity index (χ0v) is 15.6. The van der Waals surface area contributed by atoms with Crippen molar-refractivity contribution in [1.82, 2.24) is 10.2 Å². The van der Waals surface area contributed by atoms with Gasteiger partial charge in [-0.25, -0.2) is 9.59 Å². The lowest BCUT2D eigenvalue weighted by molar-refractivity contribution is 0.174.